The normalized spacial score (nSPS) is 12.4. The Kier molecular flexibility index (Phi) is 3.56. The first-order valence-electron chi connectivity index (χ1n) is 6.20. The first kappa shape index (κ1) is 12.9. The molecule has 100 valence electrons. The van der Waals surface area contributed by atoms with E-state index in [4.69, 9.17) is 0 Å². The molecule has 0 aliphatic rings. The summed E-state index contributed by atoms with van der Waals surface area (Å²) in [6.07, 6.45) is 1.72. The average molecular weight is 285 g/mol. The molecule has 0 fully saturated rings. The quantitative estimate of drug-likeness (QED) is 0.734. The molecule has 2 nitrogen and oxygen atoms in total. The summed E-state index contributed by atoms with van der Waals surface area (Å²) in [5, 5.41) is 1.01. The van der Waals surface area contributed by atoms with Crippen molar-refractivity contribution in [3.63, 3.8) is 0 Å². The molecule has 1 unspecified atom stereocenters. The summed E-state index contributed by atoms with van der Waals surface area (Å²) in [6.45, 7) is 0. The topological polar surface area (TPSA) is 30.0 Å². The summed E-state index contributed by atoms with van der Waals surface area (Å²) >= 11 is 0. The van der Waals surface area contributed by atoms with Gasteiger partial charge in [0.2, 0.25) is 0 Å². The number of halogens is 1. The van der Waals surface area contributed by atoms with E-state index in [0.717, 1.165) is 16.5 Å². The second-order valence-electron chi connectivity index (χ2n) is 4.43. The van der Waals surface area contributed by atoms with Crippen molar-refractivity contribution >= 4 is 21.7 Å². The van der Waals surface area contributed by atoms with Crippen LogP contribution in [0.4, 0.5) is 4.39 Å². The third-order valence-corrected chi connectivity index (χ3v) is 4.47. The number of fused-ring (bicyclic) bond motifs is 1. The molecule has 0 amide bonds. The smallest absolute Gasteiger partial charge is 0.123 e. The summed E-state index contributed by atoms with van der Waals surface area (Å²) in [5.74, 6) is 0.0781. The molecule has 1 heterocycles. The van der Waals surface area contributed by atoms with Crippen LogP contribution in [0.5, 0.6) is 0 Å². The summed E-state index contributed by atoms with van der Waals surface area (Å²) in [6, 6.07) is 15.4. The van der Waals surface area contributed by atoms with Gasteiger partial charge in [-0.3, -0.25) is 9.19 Å². The van der Waals surface area contributed by atoms with Crippen molar-refractivity contribution < 1.29 is 8.60 Å². The molecule has 0 bridgehead atoms. The van der Waals surface area contributed by atoms with Crippen molar-refractivity contribution in [2.45, 2.75) is 10.6 Å². The van der Waals surface area contributed by atoms with Gasteiger partial charge in [0, 0.05) is 16.5 Å². The molecule has 20 heavy (non-hydrogen) atoms. The average Bonchev–Trinajstić information content (AvgIpc) is 2.48. The SMILES string of the molecule is O=S(Cc1ccnc2ccccc12)c1ccc(F)cc1. The Labute approximate surface area is 118 Å². The van der Waals surface area contributed by atoms with Crippen molar-refractivity contribution in [2.75, 3.05) is 0 Å². The van der Waals surface area contributed by atoms with Crippen molar-refractivity contribution in [3.8, 4) is 0 Å². The number of aromatic nitrogens is 1. The zero-order chi connectivity index (χ0) is 13.9. The van der Waals surface area contributed by atoms with Gasteiger partial charge in [0.25, 0.3) is 0 Å². The molecule has 0 N–H and O–H groups in total. The minimum Gasteiger partial charge on any atom is -0.256 e. The zero-order valence-electron chi connectivity index (χ0n) is 10.6. The first-order valence-corrected chi connectivity index (χ1v) is 7.52. The van der Waals surface area contributed by atoms with Gasteiger partial charge >= 0.3 is 0 Å². The molecule has 1 atom stereocenters. The molecule has 0 aliphatic carbocycles. The molecule has 0 radical (unpaired) electrons. The Hall–Kier alpha value is -2.07. The fourth-order valence-electron chi connectivity index (χ4n) is 2.09. The van der Waals surface area contributed by atoms with Crippen LogP contribution in [0, 0.1) is 5.82 Å². The highest BCUT2D eigenvalue weighted by Crippen LogP contribution is 2.20. The van der Waals surface area contributed by atoms with Crippen molar-refractivity contribution in [1.82, 2.24) is 4.98 Å². The highest BCUT2D eigenvalue weighted by Gasteiger charge is 2.08. The minimum absolute atomic E-state index is 0.319. The monoisotopic (exact) mass is 285 g/mol. The molecule has 2 aromatic carbocycles. The molecule has 0 aliphatic heterocycles. The van der Waals surface area contributed by atoms with Crippen LogP contribution in [0.1, 0.15) is 5.56 Å². The van der Waals surface area contributed by atoms with Crippen LogP contribution in [0.15, 0.2) is 65.7 Å². The number of hydrogen-bond acceptors (Lipinski definition) is 2. The Bertz CT molecular complexity index is 766. The maximum absolute atomic E-state index is 12.9. The van der Waals surface area contributed by atoms with E-state index in [1.54, 1.807) is 18.3 Å². The lowest BCUT2D eigenvalue weighted by atomic mass is 10.1. The van der Waals surface area contributed by atoms with E-state index in [1.165, 1.54) is 12.1 Å². The van der Waals surface area contributed by atoms with E-state index in [9.17, 15) is 8.60 Å². The summed E-state index contributed by atoms with van der Waals surface area (Å²) in [5.41, 5.74) is 1.87. The van der Waals surface area contributed by atoms with Gasteiger partial charge in [0.05, 0.1) is 22.1 Å². The van der Waals surface area contributed by atoms with E-state index >= 15 is 0 Å². The highest BCUT2D eigenvalue weighted by molar-refractivity contribution is 7.84. The lowest BCUT2D eigenvalue weighted by Gasteiger charge is -2.06. The second-order valence-corrected chi connectivity index (χ2v) is 5.88. The van der Waals surface area contributed by atoms with E-state index in [0.29, 0.717) is 10.6 Å². The Morgan fingerprint density at radius 1 is 1.00 bits per heavy atom. The number of rotatable bonds is 3. The fourth-order valence-corrected chi connectivity index (χ4v) is 3.23. The van der Waals surface area contributed by atoms with E-state index in [2.05, 4.69) is 4.98 Å². The van der Waals surface area contributed by atoms with Crippen LogP contribution in [0.25, 0.3) is 10.9 Å². The maximum atomic E-state index is 12.9. The van der Waals surface area contributed by atoms with Crippen LogP contribution in [0.2, 0.25) is 0 Å². The molecule has 0 saturated heterocycles. The lowest BCUT2D eigenvalue weighted by Crippen LogP contribution is -1.98. The third-order valence-electron chi connectivity index (χ3n) is 3.10. The minimum atomic E-state index is -1.19. The van der Waals surface area contributed by atoms with Gasteiger partial charge < -0.3 is 0 Å². The standard InChI is InChI=1S/C16H12FNOS/c17-13-5-7-14(8-6-13)20(19)11-12-9-10-18-16-4-2-1-3-15(12)16/h1-10H,11H2. The van der Waals surface area contributed by atoms with E-state index in [-0.39, 0.29) is 5.82 Å². The molecular weight excluding hydrogens is 273 g/mol. The molecule has 0 saturated carbocycles. The van der Waals surface area contributed by atoms with Crippen molar-refractivity contribution in [1.29, 1.82) is 0 Å². The number of benzene rings is 2. The number of para-hydroxylation sites is 1. The van der Waals surface area contributed by atoms with Gasteiger partial charge in [-0.15, -0.1) is 0 Å². The molecule has 0 spiro atoms. The first-order chi connectivity index (χ1) is 9.74. The number of hydrogen-bond donors (Lipinski definition) is 0. The van der Waals surface area contributed by atoms with Crippen LogP contribution >= 0.6 is 0 Å². The van der Waals surface area contributed by atoms with Gasteiger partial charge in [-0.1, -0.05) is 18.2 Å². The van der Waals surface area contributed by atoms with Gasteiger partial charge in [-0.05, 0) is 42.0 Å². The predicted octanol–water partition coefficient (Wildman–Crippen LogP) is 3.68. The number of nitrogens with zero attached hydrogens (tertiary/aromatic N) is 1. The molecule has 1 aromatic heterocycles. The van der Waals surface area contributed by atoms with Gasteiger partial charge in [-0.25, -0.2) is 4.39 Å². The van der Waals surface area contributed by atoms with E-state index in [1.807, 2.05) is 30.3 Å². The van der Waals surface area contributed by atoms with Crippen LogP contribution in [-0.4, -0.2) is 9.19 Å². The maximum Gasteiger partial charge on any atom is 0.123 e. The Balaban J connectivity index is 1.93. The predicted molar refractivity (Wildman–Crippen MR) is 78.3 cm³/mol. The summed E-state index contributed by atoms with van der Waals surface area (Å²) in [7, 11) is -1.19. The van der Waals surface area contributed by atoms with Crippen LogP contribution in [-0.2, 0) is 16.6 Å². The molecule has 3 aromatic rings. The van der Waals surface area contributed by atoms with Crippen LogP contribution < -0.4 is 0 Å². The Morgan fingerprint density at radius 3 is 2.55 bits per heavy atom. The zero-order valence-corrected chi connectivity index (χ0v) is 11.4. The third kappa shape index (κ3) is 2.60. The largest absolute Gasteiger partial charge is 0.256 e. The number of pyridine rings is 1. The summed E-state index contributed by atoms with van der Waals surface area (Å²) < 4.78 is 25.2. The second kappa shape index (κ2) is 5.51. The fraction of sp³-hybridized carbons (Fsp3) is 0.0625. The van der Waals surface area contributed by atoms with Crippen molar-refractivity contribution in [3.05, 3.63) is 72.2 Å². The van der Waals surface area contributed by atoms with Crippen LogP contribution in [0.3, 0.4) is 0 Å². The van der Waals surface area contributed by atoms with E-state index < -0.39 is 10.8 Å². The lowest BCUT2D eigenvalue weighted by molar-refractivity contribution is 0.626. The molecule has 4 heteroatoms. The van der Waals surface area contributed by atoms with Gasteiger partial charge in [-0.2, -0.15) is 0 Å². The van der Waals surface area contributed by atoms with Gasteiger partial charge in [0.1, 0.15) is 5.82 Å². The van der Waals surface area contributed by atoms with Crippen molar-refractivity contribution in [2.24, 2.45) is 0 Å². The summed E-state index contributed by atoms with van der Waals surface area (Å²) in [4.78, 5) is 4.92. The Morgan fingerprint density at radius 2 is 1.75 bits per heavy atom. The highest BCUT2D eigenvalue weighted by atomic mass is 32.2. The molecular formula is C16H12FNOS. The van der Waals surface area contributed by atoms with Gasteiger partial charge in [0.15, 0.2) is 0 Å². The molecule has 3 rings (SSSR count).